The van der Waals surface area contributed by atoms with Gasteiger partial charge in [0.05, 0.1) is 6.61 Å². The molecule has 3 heterocycles. The van der Waals surface area contributed by atoms with Crippen molar-refractivity contribution in [1.82, 2.24) is 0 Å². The van der Waals surface area contributed by atoms with Crippen molar-refractivity contribution in [3.8, 4) is 0 Å². The molecule has 4 N–H and O–H groups in total. The Kier molecular flexibility index (Phi) is 7.08. The molecule has 0 saturated carbocycles. The lowest BCUT2D eigenvalue weighted by Gasteiger charge is -2.46. The van der Waals surface area contributed by atoms with E-state index in [-0.39, 0.29) is 11.1 Å². The average Bonchev–Trinajstić information content (AvgIpc) is 3.19. The molecule has 12 nitrogen and oxygen atoms in total. The maximum atomic E-state index is 12.3. The second kappa shape index (κ2) is 9.15. The highest BCUT2D eigenvalue weighted by molar-refractivity contribution is 5.87. The van der Waals surface area contributed by atoms with Gasteiger partial charge in [0.1, 0.15) is 44.2 Å². The lowest BCUT2D eigenvalue weighted by molar-refractivity contribution is -0.411. The summed E-state index contributed by atoms with van der Waals surface area (Å²) in [4.78, 5) is 24.1. The molecular formula is C20H28O12. The van der Waals surface area contributed by atoms with Gasteiger partial charge in [0.15, 0.2) is 12.2 Å². The number of aliphatic hydroxyl groups excluding tert-OH is 4. The molecule has 8 atom stereocenters. The Labute approximate surface area is 183 Å². The Hall–Kier alpha value is -1.90. The maximum Gasteiger partial charge on any atom is 0.333 e. The van der Waals surface area contributed by atoms with Crippen LogP contribution in [0.25, 0.3) is 0 Å². The molecule has 0 aromatic rings. The zero-order valence-electron chi connectivity index (χ0n) is 17.8. The first-order chi connectivity index (χ1) is 15.0. The van der Waals surface area contributed by atoms with Crippen LogP contribution in [0.4, 0.5) is 0 Å². The number of carbonyl (C=O) groups excluding carboxylic acids is 2. The summed E-state index contributed by atoms with van der Waals surface area (Å²) in [7, 11) is 0. The van der Waals surface area contributed by atoms with Gasteiger partial charge in [-0.25, -0.2) is 9.59 Å². The van der Waals surface area contributed by atoms with Crippen molar-refractivity contribution >= 4 is 11.9 Å². The predicted molar refractivity (Wildman–Crippen MR) is 103 cm³/mol. The molecule has 0 bridgehead atoms. The van der Waals surface area contributed by atoms with Crippen LogP contribution in [0.3, 0.4) is 0 Å². The molecule has 3 saturated heterocycles. The number of hydrogen-bond acceptors (Lipinski definition) is 12. The smallest absolute Gasteiger partial charge is 0.333 e. The normalized spacial score (nSPS) is 40.7. The SMILES string of the molecule is C=C(C)C(=O)OC[C@@H]1O[C@@]2(CO)OC[C@]3(O[C@@H]2[C@H]1OC(=O)C(=C)C)O[C@H](CO)[C@@H](O)[C@@H]3O. The Morgan fingerprint density at radius 3 is 2.22 bits per heavy atom. The fourth-order valence-electron chi connectivity index (χ4n) is 3.75. The predicted octanol–water partition coefficient (Wildman–Crippen LogP) is -2.09. The first kappa shape index (κ1) is 24.7. The van der Waals surface area contributed by atoms with Crippen molar-refractivity contribution in [2.75, 3.05) is 26.4 Å². The maximum absolute atomic E-state index is 12.3. The number of esters is 2. The average molecular weight is 460 g/mol. The summed E-state index contributed by atoms with van der Waals surface area (Å²) in [5.74, 6) is -5.31. The molecule has 180 valence electrons. The highest BCUT2D eigenvalue weighted by atomic mass is 16.8. The number of hydrogen-bond donors (Lipinski definition) is 4. The number of rotatable bonds is 7. The topological polar surface area (TPSA) is 170 Å². The molecule has 3 rings (SSSR count). The minimum Gasteiger partial charge on any atom is -0.459 e. The fourth-order valence-corrected chi connectivity index (χ4v) is 3.75. The van der Waals surface area contributed by atoms with Crippen molar-refractivity contribution in [1.29, 1.82) is 0 Å². The number of aliphatic hydroxyl groups is 4. The van der Waals surface area contributed by atoms with Gasteiger partial charge in [0, 0.05) is 11.1 Å². The Morgan fingerprint density at radius 1 is 1.03 bits per heavy atom. The van der Waals surface area contributed by atoms with Crippen LogP contribution in [-0.4, -0.2) is 107 Å². The first-order valence-corrected chi connectivity index (χ1v) is 9.94. The minimum atomic E-state index is -1.93. The van der Waals surface area contributed by atoms with Crippen LogP contribution in [0.2, 0.25) is 0 Å². The van der Waals surface area contributed by atoms with E-state index in [1.54, 1.807) is 0 Å². The van der Waals surface area contributed by atoms with E-state index in [4.69, 9.17) is 28.4 Å². The van der Waals surface area contributed by atoms with Crippen LogP contribution >= 0.6 is 0 Å². The van der Waals surface area contributed by atoms with Gasteiger partial charge < -0.3 is 48.8 Å². The monoisotopic (exact) mass is 460 g/mol. The van der Waals surface area contributed by atoms with Crippen molar-refractivity contribution in [2.24, 2.45) is 0 Å². The molecule has 0 unspecified atom stereocenters. The summed E-state index contributed by atoms with van der Waals surface area (Å²) in [5.41, 5.74) is 0.189. The molecule has 3 fully saturated rings. The van der Waals surface area contributed by atoms with Crippen LogP contribution in [-0.2, 0) is 38.0 Å². The summed E-state index contributed by atoms with van der Waals surface area (Å²) < 4.78 is 33.5. The lowest BCUT2D eigenvalue weighted by Crippen LogP contribution is -2.65. The number of carbonyl (C=O) groups is 2. The van der Waals surface area contributed by atoms with E-state index >= 15 is 0 Å². The van der Waals surface area contributed by atoms with E-state index in [9.17, 15) is 30.0 Å². The van der Waals surface area contributed by atoms with Crippen LogP contribution in [0, 0.1) is 0 Å². The zero-order valence-corrected chi connectivity index (χ0v) is 17.8. The van der Waals surface area contributed by atoms with Gasteiger partial charge in [0.25, 0.3) is 0 Å². The van der Waals surface area contributed by atoms with E-state index < -0.39 is 86.6 Å². The largest absolute Gasteiger partial charge is 0.459 e. The van der Waals surface area contributed by atoms with Crippen LogP contribution in [0.5, 0.6) is 0 Å². The van der Waals surface area contributed by atoms with Gasteiger partial charge >= 0.3 is 11.9 Å². The van der Waals surface area contributed by atoms with E-state index in [0.29, 0.717) is 0 Å². The van der Waals surface area contributed by atoms with Gasteiger partial charge in [-0.15, -0.1) is 0 Å². The molecular weight excluding hydrogens is 432 g/mol. The summed E-state index contributed by atoms with van der Waals surface area (Å²) in [6.45, 7) is 7.62. The van der Waals surface area contributed by atoms with E-state index in [1.807, 2.05) is 0 Å². The zero-order chi connectivity index (χ0) is 23.8. The number of fused-ring (bicyclic) bond motifs is 1. The first-order valence-electron chi connectivity index (χ1n) is 9.94. The molecule has 0 aromatic carbocycles. The second-order valence-electron chi connectivity index (χ2n) is 8.07. The summed E-state index contributed by atoms with van der Waals surface area (Å²) in [6.07, 6.45) is -8.07. The van der Waals surface area contributed by atoms with Crippen molar-refractivity contribution in [2.45, 2.75) is 62.0 Å². The molecule has 32 heavy (non-hydrogen) atoms. The lowest BCUT2D eigenvalue weighted by atomic mass is 9.99. The Morgan fingerprint density at radius 2 is 1.69 bits per heavy atom. The Balaban J connectivity index is 1.91. The molecule has 1 spiro atoms. The van der Waals surface area contributed by atoms with E-state index in [1.165, 1.54) is 13.8 Å². The molecule has 0 radical (unpaired) electrons. The van der Waals surface area contributed by atoms with Crippen LogP contribution < -0.4 is 0 Å². The van der Waals surface area contributed by atoms with Crippen molar-refractivity contribution < 1.29 is 58.4 Å². The molecule has 0 aliphatic carbocycles. The van der Waals surface area contributed by atoms with Crippen LogP contribution in [0.1, 0.15) is 13.8 Å². The van der Waals surface area contributed by atoms with Gasteiger partial charge in [-0.2, -0.15) is 0 Å². The molecule has 0 aromatic heterocycles. The summed E-state index contributed by atoms with van der Waals surface area (Å²) in [6, 6.07) is 0. The summed E-state index contributed by atoms with van der Waals surface area (Å²) >= 11 is 0. The molecule has 12 heteroatoms. The van der Waals surface area contributed by atoms with Crippen molar-refractivity contribution in [3.05, 3.63) is 24.3 Å². The highest BCUT2D eigenvalue weighted by Gasteiger charge is 2.69. The molecule has 0 amide bonds. The summed E-state index contributed by atoms with van der Waals surface area (Å²) in [5, 5.41) is 40.1. The third kappa shape index (κ3) is 4.20. The highest BCUT2D eigenvalue weighted by Crippen LogP contribution is 2.47. The van der Waals surface area contributed by atoms with Gasteiger partial charge in [-0.3, -0.25) is 0 Å². The molecule has 3 aliphatic heterocycles. The Bertz CT molecular complexity index is 783. The van der Waals surface area contributed by atoms with E-state index in [2.05, 4.69) is 13.2 Å². The minimum absolute atomic E-state index is 0.0588. The molecule has 3 aliphatic rings. The second-order valence-corrected chi connectivity index (χ2v) is 8.07. The number of ether oxygens (including phenoxy) is 6. The van der Waals surface area contributed by atoms with E-state index in [0.717, 1.165) is 0 Å². The standard InChI is InChI=1S/C20H28O12/c1-9(2)17(25)27-6-12-14(29-18(26)10(3)4)16-19(7-22,31-12)28-8-20(32-16)15(24)13(23)11(5-21)30-20/h11-16,21-24H,1,3,5-8H2,2,4H3/t11-,12+,13-,14+,15+,16-,19-,20-/m1/s1. The van der Waals surface area contributed by atoms with Gasteiger partial charge in [0.2, 0.25) is 11.6 Å². The fraction of sp³-hybridized carbons (Fsp3) is 0.700. The quantitative estimate of drug-likeness (QED) is 0.241. The van der Waals surface area contributed by atoms with Crippen molar-refractivity contribution in [3.63, 3.8) is 0 Å². The third-order valence-corrected chi connectivity index (χ3v) is 5.52. The van der Waals surface area contributed by atoms with Gasteiger partial charge in [-0.05, 0) is 13.8 Å². The third-order valence-electron chi connectivity index (χ3n) is 5.52. The van der Waals surface area contributed by atoms with Gasteiger partial charge in [-0.1, -0.05) is 13.2 Å². The van der Waals surface area contributed by atoms with Crippen LogP contribution in [0.15, 0.2) is 24.3 Å².